The van der Waals surface area contributed by atoms with Crippen LogP contribution in [-0.4, -0.2) is 18.3 Å². The van der Waals surface area contributed by atoms with Crippen LogP contribution in [0.5, 0.6) is 11.5 Å². The Bertz CT molecular complexity index is 445. The average molecular weight is 255 g/mol. The summed E-state index contributed by atoms with van der Waals surface area (Å²) < 4.78 is 11.4. The molecule has 1 aromatic rings. The average Bonchev–Trinajstić information content (AvgIpc) is 2.55. The van der Waals surface area contributed by atoms with Gasteiger partial charge in [0.05, 0.1) is 19.3 Å². The lowest BCUT2D eigenvalue weighted by Gasteiger charge is -2.25. The lowest BCUT2D eigenvalue weighted by Crippen LogP contribution is -2.12. The molecule has 1 aliphatic carbocycles. The van der Waals surface area contributed by atoms with E-state index < -0.39 is 6.10 Å². The molecule has 0 saturated heterocycles. The summed E-state index contributed by atoms with van der Waals surface area (Å²) in [4.78, 5) is 0. The molecule has 0 spiro atoms. The van der Waals surface area contributed by atoms with Gasteiger partial charge in [-0.3, -0.25) is 0 Å². The minimum atomic E-state index is -0.479. The van der Waals surface area contributed by atoms with Gasteiger partial charge in [-0.15, -0.1) is 0 Å². The highest BCUT2D eigenvalue weighted by atomic mass is 35.5. The van der Waals surface area contributed by atoms with Gasteiger partial charge in [0, 0.05) is 23.1 Å². The second-order valence-corrected chi connectivity index (χ2v) is 4.94. The maximum atomic E-state index is 10.1. The van der Waals surface area contributed by atoms with Crippen molar-refractivity contribution in [3.63, 3.8) is 0 Å². The van der Waals surface area contributed by atoms with E-state index in [1.165, 1.54) is 0 Å². The predicted octanol–water partition coefficient (Wildman–Crippen LogP) is 2.87. The van der Waals surface area contributed by atoms with Crippen molar-refractivity contribution in [3.05, 3.63) is 22.2 Å². The number of rotatable bonds is 0. The van der Waals surface area contributed by atoms with E-state index in [9.17, 15) is 5.11 Å². The molecule has 92 valence electrons. The zero-order valence-corrected chi connectivity index (χ0v) is 10.3. The van der Waals surface area contributed by atoms with Crippen molar-refractivity contribution in [3.8, 4) is 11.5 Å². The first-order valence-corrected chi connectivity index (χ1v) is 6.44. The van der Waals surface area contributed by atoms with Gasteiger partial charge in [-0.2, -0.15) is 0 Å². The Morgan fingerprint density at radius 2 is 2.06 bits per heavy atom. The van der Waals surface area contributed by atoms with E-state index in [-0.39, 0.29) is 0 Å². The van der Waals surface area contributed by atoms with E-state index in [0.29, 0.717) is 29.7 Å². The molecular formula is C13H15ClO3. The molecule has 1 aromatic carbocycles. The number of benzene rings is 1. The second-order valence-electron chi connectivity index (χ2n) is 4.54. The summed E-state index contributed by atoms with van der Waals surface area (Å²) in [5, 5.41) is 10.8. The maximum Gasteiger partial charge on any atom is 0.167 e. The van der Waals surface area contributed by atoms with Crippen molar-refractivity contribution in [1.82, 2.24) is 0 Å². The van der Waals surface area contributed by atoms with Crippen molar-refractivity contribution in [2.75, 3.05) is 13.2 Å². The molecule has 0 radical (unpaired) electrons. The van der Waals surface area contributed by atoms with Crippen molar-refractivity contribution in [2.45, 2.75) is 31.8 Å². The molecule has 0 saturated carbocycles. The summed E-state index contributed by atoms with van der Waals surface area (Å²) >= 11 is 6.25. The molecule has 3 nitrogen and oxygen atoms in total. The summed E-state index contributed by atoms with van der Waals surface area (Å²) in [5.74, 6) is 1.38. The van der Waals surface area contributed by atoms with Crippen LogP contribution in [0.25, 0.3) is 0 Å². The number of fused-ring (bicyclic) bond motifs is 3. The number of hydrogen-bond acceptors (Lipinski definition) is 3. The van der Waals surface area contributed by atoms with Crippen LogP contribution >= 0.6 is 11.6 Å². The fraction of sp³-hybridized carbons (Fsp3) is 0.538. The Morgan fingerprint density at radius 1 is 1.24 bits per heavy atom. The molecule has 1 aliphatic heterocycles. The van der Waals surface area contributed by atoms with Crippen molar-refractivity contribution in [2.24, 2.45) is 0 Å². The van der Waals surface area contributed by atoms with E-state index in [1.807, 2.05) is 6.07 Å². The van der Waals surface area contributed by atoms with Gasteiger partial charge >= 0.3 is 0 Å². The van der Waals surface area contributed by atoms with Crippen LogP contribution in [0.3, 0.4) is 0 Å². The van der Waals surface area contributed by atoms with Crippen LogP contribution in [-0.2, 0) is 6.42 Å². The van der Waals surface area contributed by atoms with E-state index in [4.69, 9.17) is 21.1 Å². The van der Waals surface area contributed by atoms with Crippen molar-refractivity contribution in [1.29, 1.82) is 0 Å². The van der Waals surface area contributed by atoms with E-state index in [0.717, 1.165) is 36.8 Å². The summed E-state index contributed by atoms with van der Waals surface area (Å²) in [7, 11) is 0. The smallest absolute Gasteiger partial charge is 0.167 e. The van der Waals surface area contributed by atoms with Gasteiger partial charge in [0.15, 0.2) is 11.5 Å². The first kappa shape index (κ1) is 11.2. The van der Waals surface area contributed by atoms with Crippen LogP contribution in [0.4, 0.5) is 0 Å². The Balaban J connectivity index is 2.18. The molecule has 1 heterocycles. The van der Waals surface area contributed by atoms with Crippen LogP contribution < -0.4 is 9.47 Å². The molecule has 3 rings (SSSR count). The van der Waals surface area contributed by atoms with Gasteiger partial charge in [-0.1, -0.05) is 11.6 Å². The van der Waals surface area contributed by atoms with Crippen molar-refractivity contribution >= 4 is 11.6 Å². The molecule has 0 unspecified atom stereocenters. The topological polar surface area (TPSA) is 38.7 Å². The van der Waals surface area contributed by atoms with Gasteiger partial charge < -0.3 is 14.6 Å². The van der Waals surface area contributed by atoms with E-state index in [1.54, 1.807) is 0 Å². The van der Waals surface area contributed by atoms with Crippen LogP contribution in [0.2, 0.25) is 5.02 Å². The summed E-state index contributed by atoms with van der Waals surface area (Å²) in [5.41, 5.74) is 1.87. The number of aliphatic hydroxyl groups is 1. The van der Waals surface area contributed by atoms with Crippen LogP contribution in [0.1, 0.15) is 36.5 Å². The van der Waals surface area contributed by atoms with Crippen molar-refractivity contribution < 1.29 is 14.6 Å². The van der Waals surface area contributed by atoms with Crippen LogP contribution in [0, 0.1) is 0 Å². The van der Waals surface area contributed by atoms with Gasteiger partial charge in [-0.25, -0.2) is 0 Å². The molecule has 1 atom stereocenters. The minimum absolute atomic E-state index is 0.479. The Labute approximate surface area is 105 Å². The van der Waals surface area contributed by atoms with E-state index >= 15 is 0 Å². The van der Waals surface area contributed by atoms with E-state index in [2.05, 4.69) is 0 Å². The Hall–Kier alpha value is -0.930. The molecular weight excluding hydrogens is 240 g/mol. The maximum absolute atomic E-state index is 10.1. The number of aliphatic hydroxyl groups excluding tert-OH is 1. The summed E-state index contributed by atoms with van der Waals surface area (Å²) in [6.07, 6.45) is 3.02. The van der Waals surface area contributed by atoms with Gasteiger partial charge in [-0.05, 0) is 24.8 Å². The third-order valence-corrected chi connectivity index (χ3v) is 3.71. The summed E-state index contributed by atoms with van der Waals surface area (Å²) in [6, 6.07) is 1.82. The highest BCUT2D eigenvalue weighted by Gasteiger charge is 2.28. The first-order valence-electron chi connectivity index (χ1n) is 6.06. The molecule has 17 heavy (non-hydrogen) atoms. The molecule has 0 aromatic heterocycles. The highest BCUT2D eigenvalue weighted by Crippen LogP contribution is 2.46. The predicted molar refractivity (Wildman–Crippen MR) is 65.0 cm³/mol. The second kappa shape index (κ2) is 4.39. The lowest BCUT2D eigenvalue weighted by atomic mass is 9.88. The summed E-state index contributed by atoms with van der Waals surface area (Å²) in [6.45, 7) is 1.27. The SMILES string of the molecule is O[C@@H]1CCCc2c(Cl)cc3c(c21)OCCCO3. The Morgan fingerprint density at radius 3 is 2.94 bits per heavy atom. The first-order chi connectivity index (χ1) is 8.27. The van der Waals surface area contributed by atoms with Gasteiger partial charge in [0.25, 0.3) is 0 Å². The lowest BCUT2D eigenvalue weighted by molar-refractivity contribution is 0.150. The van der Waals surface area contributed by atoms with Gasteiger partial charge in [0.1, 0.15) is 0 Å². The molecule has 0 bridgehead atoms. The minimum Gasteiger partial charge on any atom is -0.489 e. The highest BCUT2D eigenvalue weighted by molar-refractivity contribution is 6.31. The van der Waals surface area contributed by atoms with Crippen LogP contribution in [0.15, 0.2) is 6.07 Å². The number of halogens is 1. The monoisotopic (exact) mass is 254 g/mol. The van der Waals surface area contributed by atoms with Gasteiger partial charge in [0.2, 0.25) is 0 Å². The largest absolute Gasteiger partial charge is 0.489 e. The molecule has 4 heteroatoms. The third-order valence-electron chi connectivity index (χ3n) is 3.37. The number of hydrogen-bond donors (Lipinski definition) is 1. The molecule has 2 aliphatic rings. The number of ether oxygens (including phenoxy) is 2. The fourth-order valence-electron chi connectivity index (χ4n) is 2.56. The zero-order valence-electron chi connectivity index (χ0n) is 9.54. The standard InChI is InChI=1S/C13H15ClO3/c14-9-7-11-13(17-6-2-5-16-11)12-8(9)3-1-4-10(12)15/h7,10,15H,1-6H2/t10-/m1/s1. The Kier molecular flexibility index (Phi) is 2.89. The zero-order chi connectivity index (χ0) is 11.8. The molecule has 0 fully saturated rings. The third kappa shape index (κ3) is 1.87. The fourth-order valence-corrected chi connectivity index (χ4v) is 2.86. The normalized spacial score (nSPS) is 22.8. The molecule has 0 amide bonds. The quantitative estimate of drug-likeness (QED) is 0.774. The molecule has 1 N–H and O–H groups in total.